The van der Waals surface area contributed by atoms with Gasteiger partial charge >= 0.3 is 0 Å². The summed E-state index contributed by atoms with van der Waals surface area (Å²) in [4.78, 5) is 11.3. The molecule has 2 heterocycles. The van der Waals surface area contributed by atoms with Gasteiger partial charge in [-0.2, -0.15) is 4.98 Å². The van der Waals surface area contributed by atoms with Crippen LogP contribution in [0, 0.1) is 0 Å². The molecule has 1 N–H and O–H groups in total. The molecule has 3 aromatic rings. The third kappa shape index (κ3) is 4.38. The van der Waals surface area contributed by atoms with Gasteiger partial charge in [-0.1, -0.05) is 59.6 Å². The number of aromatic nitrogens is 2. The summed E-state index contributed by atoms with van der Waals surface area (Å²) in [5, 5.41) is 4.48. The molecular weight excluding hydrogens is 395 g/mol. The van der Waals surface area contributed by atoms with Crippen LogP contribution in [0.3, 0.4) is 0 Å². The number of nitrogens with zero attached hydrogens (tertiary/aromatic N) is 3. The molecule has 0 radical (unpaired) electrons. The largest absolute Gasteiger partial charge is 0.377 e. The Hall–Kier alpha value is -2.34. The van der Waals surface area contributed by atoms with Gasteiger partial charge in [0.25, 0.3) is 0 Å². The highest BCUT2D eigenvalue weighted by molar-refractivity contribution is 6.35. The SMILES string of the molecule is Clc1ccc(CNc2nccc(N3CCOC[C@@H]3c3ccccc3)n2)c(Cl)c1. The first-order chi connectivity index (χ1) is 13.7. The summed E-state index contributed by atoms with van der Waals surface area (Å²) in [7, 11) is 0. The molecule has 2 aromatic carbocycles. The Morgan fingerprint density at radius 2 is 1.96 bits per heavy atom. The van der Waals surface area contributed by atoms with E-state index in [1.54, 1.807) is 12.3 Å². The molecule has 1 saturated heterocycles. The molecule has 0 saturated carbocycles. The average molecular weight is 415 g/mol. The third-order valence-corrected chi connectivity index (χ3v) is 5.29. The first kappa shape index (κ1) is 19.0. The maximum absolute atomic E-state index is 6.25. The molecule has 0 amide bonds. The Morgan fingerprint density at radius 1 is 1.11 bits per heavy atom. The van der Waals surface area contributed by atoms with Crippen molar-refractivity contribution in [3.8, 4) is 0 Å². The lowest BCUT2D eigenvalue weighted by molar-refractivity contribution is 0.0937. The fraction of sp³-hybridized carbons (Fsp3) is 0.238. The zero-order valence-corrected chi connectivity index (χ0v) is 16.7. The smallest absolute Gasteiger partial charge is 0.224 e. The number of benzene rings is 2. The lowest BCUT2D eigenvalue weighted by Crippen LogP contribution is -2.40. The lowest BCUT2D eigenvalue weighted by atomic mass is 10.1. The molecule has 0 spiro atoms. The van der Waals surface area contributed by atoms with E-state index in [0.717, 1.165) is 17.9 Å². The highest BCUT2D eigenvalue weighted by Gasteiger charge is 2.25. The van der Waals surface area contributed by atoms with E-state index in [0.29, 0.717) is 35.8 Å². The predicted molar refractivity (Wildman–Crippen MR) is 113 cm³/mol. The van der Waals surface area contributed by atoms with Gasteiger partial charge in [-0.15, -0.1) is 0 Å². The molecule has 0 aliphatic carbocycles. The first-order valence-corrected chi connectivity index (χ1v) is 9.86. The normalized spacial score (nSPS) is 16.8. The van der Waals surface area contributed by atoms with E-state index >= 15 is 0 Å². The van der Waals surface area contributed by atoms with Crippen LogP contribution in [0.4, 0.5) is 11.8 Å². The highest BCUT2D eigenvalue weighted by Crippen LogP contribution is 2.29. The van der Waals surface area contributed by atoms with Crippen LogP contribution in [-0.2, 0) is 11.3 Å². The van der Waals surface area contributed by atoms with Crippen LogP contribution < -0.4 is 10.2 Å². The summed E-state index contributed by atoms with van der Waals surface area (Å²) >= 11 is 12.2. The Labute approximate surface area is 174 Å². The minimum Gasteiger partial charge on any atom is -0.377 e. The van der Waals surface area contributed by atoms with Crippen LogP contribution in [-0.4, -0.2) is 29.7 Å². The maximum Gasteiger partial charge on any atom is 0.224 e. The quantitative estimate of drug-likeness (QED) is 0.638. The van der Waals surface area contributed by atoms with Crippen LogP contribution in [0.15, 0.2) is 60.8 Å². The second-order valence-corrected chi connectivity index (χ2v) is 7.37. The fourth-order valence-corrected chi connectivity index (χ4v) is 3.74. The highest BCUT2D eigenvalue weighted by atomic mass is 35.5. The molecule has 1 aliphatic rings. The van der Waals surface area contributed by atoms with Gasteiger partial charge < -0.3 is 15.0 Å². The molecule has 144 valence electrons. The predicted octanol–water partition coefficient (Wildman–Crippen LogP) is 4.97. The summed E-state index contributed by atoms with van der Waals surface area (Å²) in [6.07, 6.45) is 1.77. The molecule has 7 heteroatoms. The van der Waals surface area contributed by atoms with Crippen molar-refractivity contribution in [3.63, 3.8) is 0 Å². The Kier molecular flexibility index (Phi) is 5.95. The van der Waals surface area contributed by atoms with Crippen molar-refractivity contribution >= 4 is 35.0 Å². The van der Waals surface area contributed by atoms with Crippen molar-refractivity contribution in [1.29, 1.82) is 0 Å². The first-order valence-electron chi connectivity index (χ1n) is 9.11. The zero-order chi connectivity index (χ0) is 19.3. The van der Waals surface area contributed by atoms with Crippen LogP contribution in [0.2, 0.25) is 10.0 Å². The maximum atomic E-state index is 6.25. The molecule has 1 fully saturated rings. The van der Waals surface area contributed by atoms with Crippen LogP contribution >= 0.6 is 23.2 Å². The van der Waals surface area contributed by atoms with Gasteiger partial charge in [-0.05, 0) is 29.3 Å². The van der Waals surface area contributed by atoms with Gasteiger partial charge in [0, 0.05) is 29.3 Å². The molecule has 1 atom stereocenters. The van der Waals surface area contributed by atoms with Crippen molar-refractivity contribution in [1.82, 2.24) is 9.97 Å². The number of anilines is 2. The molecule has 0 unspecified atom stereocenters. The van der Waals surface area contributed by atoms with Gasteiger partial charge in [0.15, 0.2) is 0 Å². The van der Waals surface area contributed by atoms with Gasteiger partial charge in [-0.3, -0.25) is 0 Å². The average Bonchev–Trinajstić information content (AvgIpc) is 2.74. The van der Waals surface area contributed by atoms with Crippen LogP contribution in [0.1, 0.15) is 17.2 Å². The number of ether oxygens (including phenoxy) is 1. The molecule has 28 heavy (non-hydrogen) atoms. The van der Waals surface area contributed by atoms with E-state index in [1.165, 1.54) is 5.56 Å². The minimum absolute atomic E-state index is 0.128. The Balaban J connectivity index is 1.52. The fourth-order valence-electron chi connectivity index (χ4n) is 3.26. The summed E-state index contributed by atoms with van der Waals surface area (Å²) in [6, 6.07) is 17.9. The number of rotatable bonds is 5. The molecule has 4 rings (SSSR count). The Morgan fingerprint density at radius 3 is 2.79 bits per heavy atom. The van der Waals surface area contributed by atoms with Crippen LogP contribution in [0.25, 0.3) is 0 Å². The number of halogens is 2. The van der Waals surface area contributed by atoms with Gasteiger partial charge in [0.2, 0.25) is 5.95 Å². The van der Waals surface area contributed by atoms with E-state index in [2.05, 4.69) is 27.3 Å². The monoisotopic (exact) mass is 414 g/mol. The second-order valence-electron chi connectivity index (χ2n) is 6.52. The van der Waals surface area contributed by atoms with E-state index < -0.39 is 0 Å². The molecule has 1 aromatic heterocycles. The number of hydrogen-bond acceptors (Lipinski definition) is 5. The summed E-state index contributed by atoms with van der Waals surface area (Å²) < 4.78 is 5.72. The topological polar surface area (TPSA) is 50.3 Å². The van der Waals surface area contributed by atoms with Gasteiger partial charge in [0.05, 0.1) is 19.3 Å². The molecular formula is C21H20Cl2N4O. The number of morpholine rings is 1. The number of nitrogens with one attached hydrogen (secondary N) is 1. The third-order valence-electron chi connectivity index (χ3n) is 4.70. The molecule has 5 nitrogen and oxygen atoms in total. The van der Waals surface area contributed by atoms with Crippen molar-refractivity contribution in [2.75, 3.05) is 30.0 Å². The number of hydrogen-bond donors (Lipinski definition) is 1. The summed E-state index contributed by atoms with van der Waals surface area (Å²) in [5.41, 5.74) is 2.15. The van der Waals surface area contributed by atoms with E-state index in [9.17, 15) is 0 Å². The second kappa shape index (κ2) is 8.78. The van der Waals surface area contributed by atoms with Crippen molar-refractivity contribution in [2.45, 2.75) is 12.6 Å². The van der Waals surface area contributed by atoms with E-state index in [1.807, 2.05) is 36.4 Å². The minimum atomic E-state index is 0.128. The standard InChI is InChI=1S/C21H20Cl2N4O/c22-17-7-6-16(18(23)12-17)13-25-21-24-9-8-20(26-21)27-10-11-28-14-19(27)15-4-2-1-3-5-15/h1-9,12,19H,10-11,13-14H2,(H,24,25,26)/t19-/m1/s1. The van der Waals surface area contributed by atoms with Gasteiger partial charge in [-0.25, -0.2) is 4.98 Å². The van der Waals surface area contributed by atoms with Crippen molar-refractivity contribution in [2.24, 2.45) is 0 Å². The summed E-state index contributed by atoms with van der Waals surface area (Å²) in [6.45, 7) is 2.61. The molecule has 1 aliphatic heterocycles. The van der Waals surface area contributed by atoms with Crippen LogP contribution in [0.5, 0.6) is 0 Å². The van der Waals surface area contributed by atoms with E-state index in [4.69, 9.17) is 32.9 Å². The van der Waals surface area contributed by atoms with Crippen molar-refractivity contribution < 1.29 is 4.74 Å². The lowest BCUT2D eigenvalue weighted by Gasteiger charge is -2.36. The zero-order valence-electron chi connectivity index (χ0n) is 15.2. The van der Waals surface area contributed by atoms with Gasteiger partial charge in [0.1, 0.15) is 5.82 Å². The van der Waals surface area contributed by atoms with Crippen molar-refractivity contribution in [3.05, 3.63) is 82.0 Å². The Bertz CT molecular complexity index is 939. The van der Waals surface area contributed by atoms with E-state index in [-0.39, 0.29) is 6.04 Å². The molecule has 0 bridgehead atoms. The summed E-state index contributed by atoms with van der Waals surface area (Å²) in [5.74, 6) is 1.43.